The van der Waals surface area contributed by atoms with Gasteiger partial charge in [-0.15, -0.1) is 0 Å². The molecule has 2 heteroatoms. The average Bonchev–Trinajstić information content (AvgIpc) is 2.03. The van der Waals surface area contributed by atoms with Crippen molar-refractivity contribution >= 4 is 5.78 Å². The molecule has 0 aromatic rings. The molecule has 0 spiro atoms. The minimum atomic E-state index is -0.716. The number of carbonyl (C=O) groups is 1. The molecule has 0 aliphatic carbocycles. The molecular formula is C10H20O2. The third-order valence-electron chi connectivity index (χ3n) is 2.05. The molecule has 0 bridgehead atoms. The molecule has 0 heterocycles. The van der Waals surface area contributed by atoms with E-state index in [0.29, 0.717) is 6.42 Å². The summed E-state index contributed by atoms with van der Waals surface area (Å²) in [7, 11) is 0. The number of hydrogen-bond donors (Lipinski definition) is 1. The van der Waals surface area contributed by atoms with Gasteiger partial charge in [-0.05, 0) is 13.3 Å². The van der Waals surface area contributed by atoms with Gasteiger partial charge in [0.1, 0.15) is 6.10 Å². The van der Waals surface area contributed by atoms with Crippen LogP contribution in [0.3, 0.4) is 0 Å². The first-order valence-electron chi connectivity index (χ1n) is 4.87. The first-order chi connectivity index (χ1) is 5.68. The Morgan fingerprint density at radius 3 is 2.33 bits per heavy atom. The van der Waals surface area contributed by atoms with Crippen LogP contribution in [-0.2, 0) is 4.79 Å². The summed E-state index contributed by atoms with van der Waals surface area (Å²) < 4.78 is 0. The summed E-state index contributed by atoms with van der Waals surface area (Å²) in [5, 5.41) is 9.13. The van der Waals surface area contributed by atoms with E-state index in [4.69, 9.17) is 5.11 Å². The summed E-state index contributed by atoms with van der Waals surface area (Å²) in [4.78, 5) is 10.6. The van der Waals surface area contributed by atoms with Crippen molar-refractivity contribution in [3.05, 3.63) is 0 Å². The highest BCUT2D eigenvalue weighted by Crippen LogP contribution is 2.07. The topological polar surface area (TPSA) is 37.3 Å². The Labute approximate surface area is 75.0 Å². The van der Waals surface area contributed by atoms with Crippen molar-refractivity contribution in [3.63, 3.8) is 0 Å². The van der Waals surface area contributed by atoms with Crippen LogP contribution in [0.15, 0.2) is 0 Å². The second-order valence-corrected chi connectivity index (χ2v) is 3.33. The van der Waals surface area contributed by atoms with Gasteiger partial charge < -0.3 is 5.11 Å². The van der Waals surface area contributed by atoms with E-state index in [1.165, 1.54) is 26.2 Å². The zero-order chi connectivity index (χ0) is 9.40. The fourth-order valence-corrected chi connectivity index (χ4v) is 1.14. The van der Waals surface area contributed by atoms with Crippen LogP contribution in [0.1, 0.15) is 52.4 Å². The number of unbranched alkanes of at least 4 members (excludes halogenated alkanes) is 4. The van der Waals surface area contributed by atoms with Crippen molar-refractivity contribution in [2.75, 3.05) is 0 Å². The summed E-state index contributed by atoms with van der Waals surface area (Å²) >= 11 is 0. The molecule has 0 unspecified atom stereocenters. The van der Waals surface area contributed by atoms with E-state index < -0.39 is 6.10 Å². The van der Waals surface area contributed by atoms with Gasteiger partial charge in [-0.3, -0.25) is 4.79 Å². The SMILES string of the molecule is CCCCCCC[C@@H](O)C(C)=O. The molecule has 0 saturated carbocycles. The minimum absolute atomic E-state index is 0.106. The first-order valence-corrected chi connectivity index (χ1v) is 4.87. The number of carbonyl (C=O) groups excluding carboxylic acids is 1. The maximum absolute atomic E-state index is 10.6. The van der Waals surface area contributed by atoms with Gasteiger partial charge in [0.15, 0.2) is 5.78 Å². The molecule has 1 N–H and O–H groups in total. The lowest BCUT2D eigenvalue weighted by Crippen LogP contribution is -2.16. The Bertz CT molecular complexity index is 121. The highest BCUT2D eigenvalue weighted by molar-refractivity contribution is 5.79. The van der Waals surface area contributed by atoms with Crippen molar-refractivity contribution in [2.24, 2.45) is 0 Å². The van der Waals surface area contributed by atoms with Gasteiger partial charge >= 0.3 is 0 Å². The van der Waals surface area contributed by atoms with Crippen LogP contribution in [-0.4, -0.2) is 17.0 Å². The predicted octanol–water partition coefficient (Wildman–Crippen LogP) is 2.30. The molecule has 0 aliphatic rings. The van der Waals surface area contributed by atoms with E-state index in [-0.39, 0.29) is 5.78 Å². The second-order valence-electron chi connectivity index (χ2n) is 3.33. The summed E-state index contributed by atoms with van der Waals surface area (Å²) in [6.45, 7) is 3.61. The van der Waals surface area contributed by atoms with E-state index in [1.807, 2.05) is 0 Å². The van der Waals surface area contributed by atoms with Gasteiger partial charge in [0.05, 0.1) is 0 Å². The maximum atomic E-state index is 10.6. The zero-order valence-corrected chi connectivity index (χ0v) is 8.18. The Morgan fingerprint density at radius 1 is 1.25 bits per heavy atom. The van der Waals surface area contributed by atoms with Crippen molar-refractivity contribution < 1.29 is 9.90 Å². The third kappa shape index (κ3) is 6.35. The summed E-state index contributed by atoms with van der Waals surface area (Å²) in [5.41, 5.74) is 0. The summed E-state index contributed by atoms with van der Waals surface area (Å²) in [5.74, 6) is -0.106. The van der Waals surface area contributed by atoms with Crippen molar-refractivity contribution in [3.8, 4) is 0 Å². The quantitative estimate of drug-likeness (QED) is 0.598. The lowest BCUT2D eigenvalue weighted by atomic mass is 10.1. The van der Waals surface area contributed by atoms with Crippen LogP contribution in [0, 0.1) is 0 Å². The zero-order valence-electron chi connectivity index (χ0n) is 8.18. The van der Waals surface area contributed by atoms with Crippen LogP contribution in [0.2, 0.25) is 0 Å². The van der Waals surface area contributed by atoms with Crippen LogP contribution < -0.4 is 0 Å². The molecule has 0 aromatic carbocycles. The van der Waals surface area contributed by atoms with Gasteiger partial charge in [-0.2, -0.15) is 0 Å². The van der Waals surface area contributed by atoms with E-state index in [0.717, 1.165) is 12.8 Å². The number of hydrogen-bond acceptors (Lipinski definition) is 2. The predicted molar refractivity (Wildman–Crippen MR) is 50.1 cm³/mol. The van der Waals surface area contributed by atoms with Gasteiger partial charge in [-0.1, -0.05) is 39.0 Å². The molecule has 2 nitrogen and oxygen atoms in total. The van der Waals surface area contributed by atoms with E-state index in [9.17, 15) is 4.79 Å². The van der Waals surface area contributed by atoms with Gasteiger partial charge in [0.2, 0.25) is 0 Å². The highest BCUT2D eigenvalue weighted by atomic mass is 16.3. The maximum Gasteiger partial charge on any atom is 0.158 e. The standard InChI is InChI=1S/C10H20O2/c1-3-4-5-6-7-8-10(12)9(2)11/h10,12H,3-8H2,1-2H3/t10-/m1/s1. The molecule has 0 radical (unpaired) electrons. The normalized spacial score (nSPS) is 12.9. The monoisotopic (exact) mass is 172 g/mol. The number of aliphatic hydroxyl groups is 1. The average molecular weight is 172 g/mol. The Balaban J connectivity index is 3.14. The minimum Gasteiger partial charge on any atom is -0.385 e. The van der Waals surface area contributed by atoms with Gasteiger partial charge in [-0.25, -0.2) is 0 Å². The Kier molecular flexibility index (Phi) is 7.06. The largest absolute Gasteiger partial charge is 0.385 e. The lowest BCUT2D eigenvalue weighted by Gasteiger charge is -2.05. The molecule has 72 valence electrons. The van der Waals surface area contributed by atoms with Crippen LogP contribution >= 0.6 is 0 Å². The van der Waals surface area contributed by atoms with E-state index in [2.05, 4.69) is 6.92 Å². The molecule has 0 aliphatic heterocycles. The van der Waals surface area contributed by atoms with E-state index >= 15 is 0 Å². The molecule has 1 atom stereocenters. The summed E-state index contributed by atoms with van der Waals surface area (Å²) in [6, 6.07) is 0. The van der Waals surface area contributed by atoms with Crippen LogP contribution in [0.4, 0.5) is 0 Å². The number of aliphatic hydroxyl groups excluding tert-OH is 1. The molecule has 0 aromatic heterocycles. The van der Waals surface area contributed by atoms with Crippen molar-refractivity contribution in [1.29, 1.82) is 0 Å². The molecule has 12 heavy (non-hydrogen) atoms. The lowest BCUT2D eigenvalue weighted by molar-refractivity contribution is -0.125. The van der Waals surface area contributed by atoms with Crippen LogP contribution in [0.5, 0.6) is 0 Å². The molecule has 0 amide bonds. The highest BCUT2D eigenvalue weighted by Gasteiger charge is 2.07. The Hall–Kier alpha value is -0.370. The molecule has 0 rings (SSSR count). The third-order valence-corrected chi connectivity index (χ3v) is 2.05. The molecule has 0 saturated heterocycles. The molecule has 0 fully saturated rings. The summed E-state index contributed by atoms with van der Waals surface area (Å²) in [6.07, 6.45) is 5.75. The van der Waals surface area contributed by atoms with Gasteiger partial charge in [0.25, 0.3) is 0 Å². The van der Waals surface area contributed by atoms with Crippen molar-refractivity contribution in [1.82, 2.24) is 0 Å². The number of rotatable bonds is 7. The second kappa shape index (κ2) is 7.29. The number of ketones is 1. The first kappa shape index (κ1) is 11.6. The Morgan fingerprint density at radius 2 is 1.83 bits per heavy atom. The van der Waals surface area contributed by atoms with Crippen molar-refractivity contribution in [2.45, 2.75) is 58.5 Å². The molecular weight excluding hydrogens is 152 g/mol. The smallest absolute Gasteiger partial charge is 0.158 e. The fraction of sp³-hybridized carbons (Fsp3) is 0.900. The van der Waals surface area contributed by atoms with Gasteiger partial charge in [0, 0.05) is 0 Å². The van der Waals surface area contributed by atoms with Crippen LogP contribution in [0.25, 0.3) is 0 Å². The number of Topliss-reactive ketones (excluding diaryl/α,β-unsaturated/α-hetero) is 1. The fourth-order valence-electron chi connectivity index (χ4n) is 1.14. The van der Waals surface area contributed by atoms with E-state index in [1.54, 1.807) is 0 Å².